The van der Waals surface area contributed by atoms with Crippen LogP contribution in [0.4, 0.5) is 8.78 Å². The molecule has 0 radical (unpaired) electrons. The standard InChI is InChI=1S/C15H20F2N2O2/c1-18-9-13-8-12(17)10-19(13)15(20)6-7-21-14-4-2-11(16)3-5-14/h2-5,12-13,18H,6-10H2,1H3/t12-,13-/m0/s1. The number of carbonyl (C=O) groups is 1. The average molecular weight is 298 g/mol. The van der Waals surface area contributed by atoms with Crippen LogP contribution in [0.3, 0.4) is 0 Å². The number of hydrogen-bond donors (Lipinski definition) is 1. The molecule has 1 heterocycles. The van der Waals surface area contributed by atoms with Crippen LogP contribution in [0, 0.1) is 5.82 Å². The lowest BCUT2D eigenvalue weighted by Crippen LogP contribution is -2.41. The highest BCUT2D eigenvalue weighted by molar-refractivity contribution is 5.77. The van der Waals surface area contributed by atoms with Gasteiger partial charge in [-0.3, -0.25) is 4.79 Å². The fourth-order valence-corrected chi connectivity index (χ4v) is 2.52. The van der Waals surface area contributed by atoms with Gasteiger partial charge in [0.2, 0.25) is 5.91 Å². The highest BCUT2D eigenvalue weighted by atomic mass is 19.1. The van der Waals surface area contributed by atoms with Crippen molar-refractivity contribution in [3.63, 3.8) is 0 Å². The van der Waals surface area contributed by atoms with E-state index in [4.69, 9.17) is 4.74 Å². The van der Waals surface area contributed by atoms with Crippen molar-refractivity contribution in [2.24, 2.45) is 0 Å². The Morgan fingerprint density at radius 3 is 2.81 bits per heavy atom. The minimum Gasteiger partial charge on any atom is -0.493 e. The first-order chi connectivity index (χ1) is 10.1. The molecule has 0 spiro atoms. The van der Waals surface area contributed by atoms with Gasteiger partial charge in [0.25, 0.3) is 0 Å². The van der Waals surface area contributed by atoms with E-state index in [9.17, 15) is 13.6 Å². The van der Waals surface area contributed by atoms with Gasteiger partial charge in [-0.25, -0.2) is 8.78 Å². The van der Waals surface area contributed by atoms with Gasteiger partial charge in [0.15, 0.2) is 0 Å². The van der Waals surface area contributed by atoms with Crippen molar-refractivity contribution >= 4 is 5.91 Å². The zero-order valence-electron chi connectivity index (χ0n) is 12.0. The second kappa shape index (κ2) is 7.36. The molecule has 2 rings (SSSR count). The first-order valence-electron chi connectivity index (χ1n) is 7.06. The normalized spacial score (nSPS) is 21.6. The molecular formula is C15H20F2N2O2. The van der Waals surface area contributed by atoms with Gasteiger partial charge in [0.05, 0.1) is 19.6 Å². The predicted molar refractivity (Wildman–Crippen MR) is 75.5 cm³/mol. The molecule has 2 atom stereocenters. The van der Waals surface area contributed by atoms with E-state index < -0.39 is 6.17 Å². The number of halogens is 2. The molecule has 1 aromatic rings. The molecule has 6 heteroatoms. The van der Waals surface area contributed by atoms with Crippen LogP contribution in [0.25, 0.3) is 0 Å². The number of likely N-dealkylation sites (tertiary alicyclic amines) is 1. The van der Waals surface area contributed by atoms with Crippen LogP contribution >= 0.6 is 0 Å². The number of nitrogens with zero attached hydrogens (tertiary/aromatic N) is 1. The molecular weight excluding hydrogens is 278 g/mol. The highest BCUT2D eigenvalue weighted by Crippen LogP contribution is 2.21. The molecule has 116 valence electrons. The number of benzene rings is 1. The number of likely N-dealkylation sites (N-methyl/N-ethyl adjacent to an activating group) is 1. The molecule has 0 aliphatic carbocycles. The third-order valence-corrected chi connectivity index (χ3v) is 3.52. The molecule has 1 fully saturated rings. The van der Waals surface area contributed by atoms with Crippen molar-refractivity contribution < 1.29 is 18.3 Å². The molecule has 21 heavy (non-hydrogen) atoms. The van der Waals surface area contributed by atoms with Gasteiger partial charge in [-0.05, 0) is 31.3 Å². The molecule has 0 saturated carbocycles. The summed E-state index contributed by atoms with van der Waals surface area (Å²) in [6.45, 7) is 0.941. The third kappa shape index (κ3) is 4.39. The van der Waals surface area contributed by atoms with Gasteiger partial charge in [0, 0.05) is 19.0 Å². The Morgan fingerprint density at radius 2 is 2.14 bits per heavy atom. The zero-order valence-corrected chi connectivity index (χ0v) is 12.0. The minimum atomic E-state index is -0.953. The molecule has 1 N–H and O–H groups in total. The first kappa shape index (κ1) is 15.7. The van der Waals surface area contributed by atoms with Crippen molar-refractivity contribution in [1.82, 2.24) is 10.2 Å². The average Bonchev–Trinajstić information content (AvgIpc) is 2.82. The topological polar surface area (TPSA) is 41.6 Å². The van der Waals surface area contributed by atoms with Crippen LogP contribution in [0.15, 0.2) is 24.3 Å². The number of rotatable bonds is 6. The second-order valence-corrected chi connectivity index (χ2v) is 5.14. The van der Waals surface area contributed by atoms with Gasteiger partial charge in [0.1, 0.15) is 17.7 Å². The smallest absolute Gasteiger partial charge is 0.226 e. The van der Waals surface area contributed by atoms with Gasteiger partial charge >= 0.3 is 0 Å². The van der Waals surface area contributed by atoms with Crippen LogP contribution < -0.4 is 10.1 Å². The van der Waals surface area contributed by atoms with Crippen molar-refractivity contribution in [2.75, 3.05) is 26.7 Å². The second-order valence-electron chi connectivity index (χ2n) is 5.14. The Balaban J connectivity index is 1.79. The highest BCUT2D eigenvalue weighted by Gasteiger charge is 2.34. The summed E-state index contributed by atoms with van der Waals surface area (Å²) in [6.07, 6.45) is -0.388. The molecule has 0 unspecified atom stereocenters. The van der Waals surface area contributed by atoms with Crippen LogP contribution in [-0.4, -0.2) is 49.8 Å². The van der Waals surface area contributed by atoms with Gasteiger partial charge in [-0.2, -0.15) is 0 Å². The lowest BCUT2D eigenvalue weighted by atomic mass is 10.2. The van der Waals surface area contributed by atoms with E-state index in [0.717, 1.165) is 0 Å². The molecule has 1 amide bonds. The first-order valence-corrected chi connectivity index (χ1v) is 7.06. The number of amides is 1. The van der Waals surface area contributed by atoms with Crippen molar-refractivity contribution in [3.05, 3.63) is 30.1 Å². The maximum atomic E-state index is 13.4. The van der Waals surface area contributed by atoms with E-state index in [1.54, 1.807) is 11.9 Å². The summed E-state index contributed by atoms with van der Waals surface area (Å²) in [6, 6.07) is 5.53. The van der Waals surface area contributed by atoms with Crippen molar-refractivity contribution in [3.8, 4) is 5.75 Å². The number of carbonyl (C=O) groups excluding carboxylic acids is 1. The minimum absolute atomic E-state index is 0.0941. The molecule has 1 aliphatic rings. The fraction of sp³-hybridized carbons (Fsp3) is 0.533. The predicted octanol–water partition coefficient (Wildman–Crippen LogP) is 1.75. The zero-order chi connectivity index (χ0) is 15.2. The largest absolute Gasteiger partial charge is 0.493 e. The molecule has 4 nitrogen and oxygen atoms in total. The number of ether oxygens (including phenoxy) is 1. The number of hydrogen-bond acceptors (Lipinski definition) is 3. The van der Waals surface area contributed by atoms with E-state index in [1.807, 2.05) is 0 Å². The van der Waals surface area contributed by atoms with Crippen molar-refractivity contribution in [2.45, 2.75) is 25.1 Å². The SMILES string of the molecule is CNC[C@@H]1C[C@H](F)CN1C(=O)CCOc1ccc(F)cc1. The Kier molecular flexibility index (Phi) is 5.50. The maximum Gasteiger partial charge on any atom is 0.226 e. The van der Waals surface area contributed by atoms with Crippen LogP contribution in [0.2, 0.25) is 0 Å². The Morgan fingerprint density at radius 1 is 1.43 bits per heavy atom. The molecule has 1 aliphatic heterocycles. The lowest BCUT2D eigenvalue weighted by Gasteiger charge is -2.24. The van der Waals surface area contributed by atoms with E-state index >= 15 is 0 Å². The summed E-state index contributed by atoms with van der Waals surface area (Å²) >= 11 is 0. The fourth-order valence-electron chi connectivity index (χ4n) is 2.52. The maximum absolute atomic E-state index is 13.4. The molecule has 0 bridgehead atoms. The van der Waals surface area contributed by atoms with Gasteiger partial charge < -0.3 is 15.0 Å². The Labute approximate surface area is 123 Å². The Hall–Kier alpha value is -1.69. The lowest BCUT2D eigenvalue weighted by molar-refractivity contribution is -0.132. The third-order valence-electron chi connectivity index (χ3n) is 3.52. The Bertz CT molecular complexity index is 467. The van der Waals surface area contributed by atoms with Crippen molar-refractivity contribution in [1.29, 1.82) is 0 Å². The molecule has 0 aromatic heterocycles. The number of nitrogens with one attached hydrogen (secondary N) is 1. The summed E-state index contributed by atoms with van der Waals surface area (Å²) in [5.74, 6) is 0.0673. The van der Waals surface area contributed by atoms with E-state index in [0.29, 0.717) is 18.7 Å². The molecule has 1 saturated heterocycles. The number of alkyl halides is 1. The van der Waals surface area contributed by atoms with Crippen LogP contribution in [0.5, 0.6) is 5.75 Å². The van der Waals surface area contributed by atoms with E-state index in [1.165, 1.54) is 24.3 Å². The monoisotopic (exact) mass is 298 g/mol. The van der Waals surface area contributed by atoms with Gasteiger partial charge in [-0.15, -0.1) is 0 Å². The summed E-state index contributed by atoms with van der Waals surface area (Å²) < 4.78 is 31.6. The summed E-state index contributed by atoms with van der Waals surface area (Å²) in [5.41, 5.74) is 0. The quantitative estimate of drug-likeness (QED) is 0.870. The summed E-state index contributed by atoms with van der Waals surface area (Å²) in [5, 5.41) is 2.97. The van der Waals surface area contributed by atoms with Crippen LogP contribution in [0.1, 0.15) is 12.8 Å². The van der Waals surface area contributed by atoms with Gasteiger partial charge in [-0.1, -0.05) is 0 Å². The van der Waals surface area contributed by atoms with E-state index in [2.05, 4.69) is 5.32 Å². The summed E-state index contributed by atoms with van der Waals surface area (Å²) in [4.78, 5) is 13.7. The summed E-state index contributed by atoms with van der Waals surface area (Å²) in [7, 11) is 1.78. The van der Waals surface area contributed by atoms with Crippen LogP contribution in [-0.2, 0) is 4.79 Å². The molecule has 1 aromatic carbocycles. The van der Waals surface area contributed by atoms with E-state index in [-0.39, 0.29) is 37.3 Å².